The first-order valence-electron chi connectivity index (χ1n) is 13.6. The molecule has 1 rings (SSSR count). The normalized spacial score (nSPS) is 11.0. The predicted octanol–water partition coefficient (Wildman–Crippen LogP) is 7.08. The van der Waals surface area contributed by atoms with Gasteiger partial charge in [-0.1, -0.05) is 26.3 Å². The Kier molecular flexibility index (Phi) is 16.3. The van der Waals surface area contributed by atoms with E-state index in [2.05, 4.69) is 26.3 Å². The van der Waals surface area contributed by atoms with Crippen LogP contribution in [0, 0.1) is 11.3 Å². The van der Waals surface area contributed by atoms with Crippen molar-refractivity contribution in [1.82, 2.24) is 0 Å². The summed E-state index contributed by atoms with van der Waals surface area (Å²) < 4.78 is 21.4. The molecule has 44 heavy (non-hydrogen) atoms. The summed E-state index contributed by atoms with van der Waals surface area (Å²) >= 11 is 0. The van der Waals surface area contributed by atoms with Crippen molar-refractivity contribution in [2.24, 2.45) is 0 Å². The topological polar surface area (TPSA) is 129 Å². The number of esters is 3. The SMILES string of the molecule is C=CC(=O)CCCCCOc1ccc(C(=O)O/C(C)=C/C=C(/OC(=O)C(=C)/C=C\C(OC(=O)C=C)=C(C)C)C(=C)C#N)cc1. The molecule has 1 aromatic carbocycles. The number of benzene rings is 1. The molecule has 0 spiro atoms. The second-order valence-electron chi connectivity index (χ2n) is 9.38. The quantitative estimate of drug-likeness (QED) is 0.0330. The van der Waals surface area contributed by atoms with E-state index in [0.717, 1.165) is 25.3 Å². The van der Waals surface area contributed by atoms with Gasteiger partial charge in [-0.05, 0) is 100 Å². The van der Waals surface area contributed by atoms with Crippen molar-refractivity contribution in [3.8, 4) is 11.8 Å². The molecule has 0 amide bonds. The van der Waals surface area contributed by atoms with Crippen LogP contribution >= 0.6 is 0 Å². The predicted molar refractivity (Wildman–Crippen MR) is 167 cm³/mol. The fraction of sp³-hybridized carbons (Fsp3) is 0.229. The molecule has 0 saturated heterocycles. The third-order valence-electron chi connectivity index (χ3n) is 5.58. The Morgan fingerprint density at radius 3 is 2.14 bits per heavy atom. The van der Waals surface area contributed by atoms with E-state index in [9.17, 15) is 24.4 Å². The van der Waals surface area contributed by atoms with E-state index >= 15 is 0 Å². The number of ketones is 1. The first-order valence-corrected chi connectivity index (χ1v) is 13.6. The van der Waals surface area contributed by atoms with Crippen molar-refractivity contribution in [3.63, 3.8) is 0 Å². The Hall–Kier alpha value is -5.49. The average molecular weight is 600 g/mol. The number of nitriles is 1. The fourth-order valence-electron chi connectivity index (χ4n) is 3.10. The van der Waals surface area contributed by atoms with Gasteiger partial charge in [-0.3, -0.25) is 4.79 Å². The third kappa shape index (κ3) is 13.9. The summed E-state index contributed by atoms with van der Waals surface area (Å²) in [6, 6.07) is 8.22. The molecule has 230 valence electrons. The number of ether oxygens (including phenoxy) is 4. The highest BCUT2D eigenvalue weighted by Crippen LogP contribution is 2.17. The first kappa shape index (κ1) is 36.5. The highest BCUT2D eigenvalue weighted by Gasteiger charge is 2.14. The molecule has 0 aliphatic rings. The van der Waals surface area contributed by atoms with Crippen LogP contribution in [0.4, 0.5) is 0 Å². The molecule has 1 aromatic rings. The minimum absolute atomic E-state index is 0.0300. The number of carbonyl (C=O) groups excluding carboxylic acids is 4. The van der Waals surface area contributed by atoms with Gasteiger partial charge in [0.2, 0.25) is 0 Å². The number of nitrogens with zero attached hydrogens (tertiary/aromatic N) is 1. The van der Waals surface area contributed by atoms with Crippen LogP contribution in [-0.4, -0.2) is 30.3 Å². The largest absolute Gasteiger partial charge is 0.494 e. The van der Waals surface area contributed by atoms with Crippen LogP contribution < -0.4 is 4.74 Å². The van der Waals surface area contributed by atoms with Gasteiger partial charge >= 0.3 is 17.9 Å². The second kappa shape index (κ2) is 19.6. The zero-order valence-electron chi connectivity index (χ0n) is 25.4. The Bertz CT molecular complexity index is 1440. The van der Waals surface area contributed by atoms with Gasteiger partial charge in [0.05, 0.1) is 23.3 Å². The lowest BCUT2D eigenvalue weighted by atomic mass is 10.1. The van der Waals surface area contributed by atoms with Crippen LogP contribution in [0.25, 0.3) is 0 Å². The summed E-state index contributed by atoms with van der Waals surface area (Å²) in [5.74, 6) is -1.39. The molecule has 0 atom stereocenters. The lowest BCUT2D eigenvalue weighted by Gasteiger charge is -2.09. The molecule has 0 bridgehead atoms. The summed E-state index contributed by atoms with van der Waals surface area (Å²) in [6.45, 7) is 19.4. The van der Waals surface area contributed by atoms with E-state index in [0.29, 0.717) is 24.4 Å². The van der Waals surface area contributed by atoms with Crippen molar-refractivity contribution in [1.29, 1.82) is 5.26 Å². The van der Waals surface area contributed by atoms with E-state index in [1.165, 1.54) is 37.3 Å². The van der Waals surface area contributed by atoms with Gasteiger partial charge in [0.1, 0.15) is 29.1 Å². The zero-order valence-corrected chi connectivity index (χ0v) is 25.4. The Balaban J connectivity index is 2.79. The maximum absolute atomic E-state index is 12.6. The molecular weight excluding hydrogens is 562 g/mol. The maximum Gasteiger partial charge on any atom is 0.343 e. The molecular formula is C35H37NO8. The minimum Gasteiger partial charge on any atom is -0.494 e. The molecule has 0 aromatic heterocycles. The molecule has 0 fully saturated rings. The number of rotatable bonds is 18. The van der Waals surface area contributed by atoms with Crippen LogP contribution in [0.2, 0.25) is 0 Å². The van der Waals surface area contributed by atoms with Gasteiger partial charge in [0.25, 0.3) is 0 Å². The monoisotopic (exact) mass is 599 g/mol. The number of hydrogen-bond acceptors (Lipinski definition) is 9. The minimum atomic E-state index is -0.889. The van der Waals surface area contributed by atoms with Crippen LogP contribution in [0.5, 0.6) is 5.75 Å². The first-order chi connectivity index (χ1) is 20.9. The molecule has 0 aliphatic heterocycles. The Morgan fingerprint density at radius 2 is 1.55 bits per heavy atom. The van der Waals surface area contributed by atoms with Gasteiger partial charge in [0, 0.05) is 12.5 Å². The fourth-order valence-corrected chi connectivity index (χ4v) is 3.10. The number of carbonyl (C=O) groups is 4. The van der Waals surface area contributed by atoms with Crippen molar-refractivity contribution in [2.45, 2.75) is 46.5 Å². The van der Waals surface area contributed by atoms with E-state index in [-0.39, 0.29) is 39.8 Å². The van der Waals surface area contributed by atoms with Crippen LogP contribution in [0.1, 0.15) is 56.8 Å². The highest BCUT2D eigenvalue weighted by molar-refractivity contribution is 5.92. The van der Waals surface area contributed by atoms with Crippen LogP contribution in [-0.2, 0) is 28.6 Å². The maximum atomic E-state index is 12.6. The van der Waals surface area contributed by atoms with Crippen molar-refractivity contribution in [2.75, 3.05) is 6.61 Å². The van der Waals surface area contributed by atoms with Gasteiger partial charge in [-0.2, -0.15) is 5.26 Å². The molecule has 0 unspecified atom stereocenters. The Labute approximate surface area is 258 Å². The summed E-state index contributed by atoms with van der Waals surface area (Å²) in [5, 5.41) is 9.29. The summed E-state index contributed by atoms with van der Waals surface area (Å²) in [7, 11) is 0. The standard InChI is InChI=1S/C35H37NO8/c1-8-29(37)13-11-10-12-22-41-30-18-16-28(17-19-30)35(40)42-27(7)15-21-32(26(6)23-36)44-34(39)25(5)14-20-31(24(3)4)43-33(38)9-2/h8-9,14-21H,1-2,5-6,10-13,22H2,3-4,7H3/b20-14-,27-15+,32-21+. The summed E-state index contributed by atoms with van der Waals surface area (Å²) in [6.07, 6.45) is 10.5. The smallest absolute Gasteiger partial charge is 0.343 e. The second-order valence-corrected chi connectivity index (χ2v) is 9.38. The summed E-state index contributed by atoms with van der Waals surface area (Å²) in [4.78, 5) is 47.9. The number of unbranched alkanes of at least 4 members (excludes halogenated alkanes) is 2. The zero-order chi connectivity index (χ0) is 33.1. The average Bonchev–Trinajstić information content (AvgIpc) is 3.01. The molecule has 0 radical (unpaired) electrons. The molecule has 0 aliphatic carbocycles. The van der Waals surface area contributed by atoms with E-state index < -0.39 is 17.9 Å². The van der Waals surface area contributed by atoms with Crippen LogP contribution in [0.15, 0.2) is 121 Å². The molecule has 9 heteroatoms. The Morgan fingerprint density at radius 1 is 0.864 bits per heavy atom. The third-order valence-corrected chi connectivity index (χ3v) is 5.58. The van der Waals surface area contributed by atoms with E-state index in [4.69, 9.17) is 18.9 Å². The van der Waals surface area contributed by atoms with Crippen molar-refractivity contribution >= 4 is 23.7 Å². The van der Waals surface area contributed by atoms with E-state index in [1.54, 1.807) is 44.2 Å². The molecule has 0 heterocycles. The lowest BCUT2D eigenvalue weighted by Crippen LogP contribution is -2.07. The van der Waals surface area contributed by atoms with Gasteiger partial charge in [0.15, 0.2) is 5.78 Å². The van der Waals surface area contributed by atoms with Crippen molar-refractivity contribution in [3.05, 3.63) is 127 Å². The lowest BCUT2D eigenvalue weighted by molar-refractivity contribution is -0.134. The van der Waals surface area contributed by atoms with Crippen LogP contribution in [0.3, 0.4) is 0 Å². The molecule has 9 nitrogen and oxygen atoms in total. The van der Waals surface area contributed by atoms with Gasteiger partial charge in [-0.15, -0.1) is 0 Å². The number of hydrogen-bond donors (Lipinski definition) is 0. The van der Waals surface area contributed by atoms with E-state index in [1.807, 2.05) is 0 Å². The van der Waals surface area contributed by atoms with Gasteiger partial charge < -0.3 is 18.9 Å². The summed E-state index contributed by atoms with van der Waals surface area (Å²) in [5.41, 5.74) is 0.686. The van der Waals surface area contributed by atoms with Gasteiger partial charge in [-0.25, -0.2) is 14.4 Å². The van der Waals surface area contributed by atoms with Crippen molar-refractivity contribution < 1.29 is 38.1 Å². The molecule has 0 saturated carbocycles. The highest BCUT2D eigenvalue weighted by atomic mass is 16.5. The molecule has 0 N–H and O–H groups in total. The number of allylic oxidation sites excluding steroid dienone is 7.